The van der Waals surface area contributed by atoms with Crippen LogP contribution in [0.2, 0.25) is 0 Å². The van der Waals surface area contributed by atoms with E-state index < -0.39 is 5.97 Å². The second-order valence-corrected chi connectivity index (χ2v) is 6.30. The lowest BCUT2D eigenvalue weighted by Gasteiger charge is -2.11. The number of halogens is 1. The third-order valence-corrected chi connectivity index (χ3v) is 4.20. The van der Waals surface area contributed by atoms with E-state index in [9.17, 15) is 9.59 Å². The first-order valence-corrected chi connectivity index (χ1v) is 8.43. The maximum absolute atomic E-state index is 12.1. The topological polar surface area (TPSA) is 61.8 Å². The molecule has 25 heavy (non-hydrogen) atoms. The van der Waals surface area contributed by atoms with Crippen LogP contribution >= 0.6 is 15.9 Å². The van der Waals surface area contributed by atoms with Crippen LogP contribution in [-0.2, 0) is 9.53 Å². The summed E-state index contributed by atoms with van der Waals surface area (Å²) in [6.45, 7) is 3.22. The van der Waals surface area contributed by atoms with E-state index in [4.69, 9.17) is 14.2 Å². The number of hydrogen-bond acceptors (Lipinski definition) is 5. The van der Waals surface area contributed by atoms with Gasteiger partial charge in [-0.05, 0) is 59.1 Å². The van der Waals surface area contributed by atoms with E-state index in [-0.39, 0.29) is 19.0 Å². The first-order chi connectivity index (χ1) is 11.9. The van der Waals surface area contributed by atoms with Crippen molar-refractivity contribution in [3.05, 3.63) is 57.6 Å². The van der Waals surface area contributed by atoms with E-state index in [1.807, 2.05) is 32.0 Å². The quantitative estimate of drug-likeness (QED) is 0.515. The van der Waals surface area contributed by atoms with E-state index in [2.05, 4.69) is 15.9 Å². The number of hydrogen-bond donors (Lipinski definition) is 0. The molecule has 0 N–H and O–H groups in total. The largest absolute Gasteiger partial charge is 0.496 e. The minimum absolute atomic E-state index is 0.245. The molecule has 0 aliphatic carbocycles. The SMILES string of the molecule is COc1ccc(C(=O)COC(=O)COc2c(C)cccc2C)cc1Br. The van der Waals surface area contributed by atoms with Gasteiger partial charge in [-0.1, -0.05) is 18.2 Å². The number of ketones is 1. The Labute approximate surface area is 155 Å². The number of benzene rings is 2. The Morgan fingerprint density at radius 1 is 1.04 bits per heavy atom. The van der Waals surface area contributed by atoms with Crippen LogP contribution in [0.3, 0.4) is 0 Å². The molecule has 0 bridgehead atoms. The molecule has 2 aromatic carbocycles. The standard InChI is InChI=1S/C19H19BrO5/c1-12-5-4-6-13(2)19(12)25-11-18(22)24-10-16(21)14-7-8-17(23-3)15(20)9-14/h4-9H,10-11H2,1-3H3. The summed E-state index contributed by atoms with van der Waals surface area (Å²) in [5.41, 5.74) is 2.30. The molecule has 0 saturated heterocycles. The lowest BCUT2D eigenvalue weighted by atomic mass is 10.1. The molecule has 0 saturated carbocycles. The molecule has 0 heterocycles. The number of methoxy groups -OCH3 is 1. The maximum atomic E-state index is 12.1. The van der Waals surface area contributed by atoms with Gasteiger partial charge in [0.05, 0.1) is 11.6 Å². The lowest BCUT2D eigenvalue weighted by Crippen LogP contribution is -2.20. The fourth-order valence-corrected chi connectivity index (χ4v) is 2.81. The summed E-state index contributed by atoms with van der Waals surface area (Å²) in [5, 5.41) is 0. The van der Waals surface area contributed by atoms with E-state index in [0.717, 1.165) is 11.1 Å². The first-order valence-electron chi connectivity index (χ1n) is 7.63. The molecule has 0 fully saturated rings. The number of carbonyl (C=O) groups is 2. The van der Waals surface area contributed by atoms with Gasteiger partial charge in [-0.3, -0.25) is 4.79 Å². The minimum Gasteiger partial charge on any atom is -0.496 e. The number of para-hydroxylation sites is 1. The molecule has 0 aromatic heterocycles. The van der Waals surface area contributed by atoms with Gasteiger partial charge in [-0.15, -0.1) is 0 Å². The number of Topliss-reactive ketones (excluding diaryl/α,β-unsaturated/α-hetero) is 1. The monoisotopic (exact) mass is 406 g/mol. The third-order valence-electron chi connectivity index (χ3n) is 3.58. The molecule has 0 aliphatic rings. The van der Waals surface area contributed by atoms with Crippen LogP contribution in [0, 0.1) is 13.8 Å². The van der Waals surface area contributed by atoms with E-state index in [0.29, 0.717) is 21.5 Å². The summed E-state index contributed by atoms with van der Waals surface area (Å²) in [7, 11) is 1.54. The summed E-state index contributed by atoms with van der Waals surface area (Å²) in [6.07, 6.45) is 0. The number of esters is 1. The van der Waals surface area contributed by atoms with Crippen molar-refractivity contribution in [2.45, 2.75) is 13.8 Å². The predicted molar refractivity (Wildman–Crippen MR) is 97.4 cm³/mol. The zero-order valence-corrected chi connectivity index (χ0v) is 15.9. The zero-order valence-electron chi connectivity index (χ0n) is 14.3. The van der Waals surface area contributed by atoms with Crippen LogP contribution in [0.25, 0.3) is 0 Å². The molecular formula is C19H19BrO5. The summed E-state index contributed by atoms with van der Waals surface area (Å²) in [5.74, 6) is 0.382. The van der Waals surface area contributed by atoms with Crippen molar-refractivity contribution in [3.8, 4) is 11.5 Å². The van der Waals surface area contributed by atoms with Crippen molar-refractivity contribution in [2.24, 2.45) is 0 Å². The molecule has 2 aromatic rings. The molecule has 0 amide bonds. The molecule has 0 radical (unpaired) electrons. The minimum atomic E-state index is -0.594. The Hall–Kier alpha value is -2.34. The summed E-state index contributed by atoms with van der Waals surface area (Å²) in [4.78, 5) is 23.9. The molecule has 2 rings (SSSR count). The number of carbonyl (C=O) groups excluding carboxylic acids is 2. The Kier molecular flexibility index (Phi) is 6.58. The average Bonchev–Trinajstić information content (AvgIpc) is 2.59. The number of rotatable bonds is 7. The van der Waals surface area contributed by atoms with Crippen LogP contribution in [0.4, 0.5) is 0 Å². The van der Waals surface area contributed by atoms with Gasteiger partial charge >= 0.3 is 5.97 Å². The molecule has 6 heteroatoms. The first kappa shape index (κ1) is 19.0. The van der Waals surface area contributed by atoms with Crippen molar-refractivity contribution in [2.75, 3.05) is 20.3 Å². The molecule has 5 nitrogen and oxygen atoms in total. The highest BCUT2D eigenvalue weighted by Gasteiger charge is 2.13. The molecule has 0 aliphatic heterocycles. The Morgan fingerprint density at radius 2 is 1.72 bits per heavy atom. The van der Waals surface area contributed by atoms with Crippen LogP contribution in [0.15, 0.2) is 40.9 Å². The van der Waals surface area contributed by atoms with Crippen molar-refractivity contribution in [1.82, 2.24) is 0 Å². The van der Waals surface area contributed by atoms with Gasteiger partial charge in [0, 0.05) is 5.56 Å². The average molecular weight is 407 g/mol. The molecule has 0 spiro atoms. The van der Waals surface area contributed by atoms with Gasteiger partial charge in [0.2, 0.25) is 0 Å². The van der Waals surface area contributed by atoms with Crippen molar-refractivity contribution in [1.29, 1.82) is 0 Å². The van der Waals surface area contributed by atoms with E-state index in [1.54, 1.807) is 25.3 Å². The third kappa shape index (κ3) is 5.06. The smallest absolute Gasteiger partial charge is 0.344 e. The van der Waals surface area contributed by atoms with Gasteiger partial charge in [-0.25, -0.2) is 4.79 Å². The van der Waals surface area contributed by atoms with Gasteiger partial charge in [0.15, 0.2) is 19.0 Å². The Balaban J connectivity index is 1.87. The zero-order chi connectivity index (χ0) is 18.4. The Bertz CT molecular complexity index is 765. The van der Waals surface area contributed by atoms with Crippen molar-refractivity contribution >= 4 is 27.7 Å². The van der Waals surface area contributed by atoms with E-state index >= 15 is 0 Å². The van der Waals surface area contributed by atoms with Crippen LogP contribution in [0.1, 0.15) is 21.5 Å². The summed E-state index contributed by atoms with van der Waals surface area (Å²) in [6, 6.07) is 10.6. The number of ether oxygens (including phenoxy) is 3. The molecule has 0 unspecified atom stereocenters. The van der Waals surface area contributed by atoms with Gasteiger partial charge in [-0.2, -0.15) is 0 Å². The number of aryl methyl sites for hydroxylation is 2. The second-order valence-electron chi connectivity index (χ2n) is 5.44. The molecule has 0 atom stereocenters. The highest BCUT2D eigenvalue weighted by atomic mass is 79.9. The fourth-order valence-electron chi connectivity index (χ4n) is 2.27. The van der Waals surface area contributed by atoms with Crippen LogP contribution in [0.5, 0.6) is 11.5 Å². The normalized spacial score (nSPS) is 10.2. The van der Waals surface area contributed by atoms with Crippen LogP contribution < -0.4 is 9.47 Å². The summed E-state index contributed by atoms with van der Waals surface area (Å²) < 4.78 is 16.3. The summed E-state index contributed by atoms with van der Waals surface area (Å²) >= 11 is 3.31. The van der Waals surface area contributed by atoms with Crippen molar-refractivity contribution < 1.29 is 23.8 Å². The fraction of sp³-hybridized carbons (Fsp3) is 0.263. The van der Waals surface area contributed by atoms with E-state index in [1.165, 1.54) is 0 Å². The maximum Gasteiger partial charge on any atom is 0.344 e. The van der Waals surface area contributed by atoms with Gasteiger partial charge in [0.25, 0.3) is 0 Å². The molecular weight excluding hydrogens is 388 g/mol. The molecule has 132 valence electrons. The highest BCUT2D eigenvalue weighted by Crippen LogP contribution is 2.25. The second kappa shape index (κ2) is 8.67. The van der Waals surface area contributed by atoms with Crippen LogP contribution in [-0.4, -0.2) is 32.1 Å². The predicted octanol–water partition coefficient (Wildman–Crippen LogP) is 3.88. The Morgan fingerprint density at radius 3 is 2.32 bits per heavy atom. The van der Waals surface area contributed by atoms with Gasteiger partial charge in [0.1, 0.15) is 11.5 Å². The van der Waals surface area contributed by atoms with Crippen molar-refractivity contribution in [3.63, 3.8) is 0 Å². The van der Waals surface area contributed by atoms with Gasteiger partial charge < -0.3 is 14.2 Å². The highest BCUT2D eigenvalue weighted by molar-refractivity contribution is 9.10. The lowest BCUT2D eigenvalue weighted by molar-refractivity contribution is -0.144.